The smallest absolute Gasteiger partial charge is 0.255 e. The number of halogens is 1. The van der Waals surface area contributed by atoms with Gasteiger partial charge in [0, 0.05) is 31.4 Å². The maximum atomic E-state index is 13.6. The topological polar surface area (TPSA) is 45.2 Å². The molecule has 1 saturated heterocycles. The highest BCUT2D eigenvalue weighted by molar-refractivity contribution is 5.98. The molecule has 0 saturated carbocycles. The number of carbonyl (C=O) groups excluding carboxylic acids is 1. The van der Waals surface area contributed by atoms with Crippen molar-refractivity contribution in [1.29, 1.82) is 0 Å². The molecule has 1 aliphatic heterocycles. The largest absolute Gasteiger partial charge is 0.356 e. The third kappa shape index (κ3) is 3.08. The Morgan fingerprint density at radius 1 is 1.18 bits per heavy atom. The number of benzene rings is 1. The van der Waals surface area contributed by atoms with E-state index in [0.717, 1.165) is 25.9 Å². The summed E-state index contributed by atoms with van der Waals surface area (Å²) in [6.45, 7) is 2.01. The summed E-state index contributed by atoms with van der Waals surface area (Å²) in [6.07, 6.45) is 3.93. The normalized spacial score (nSPS) is 14.1. The van der Waals surface area contributed by atoms with Crippen LogP contribution in [0.3, 0.4) is 0 Å². The summed E-state index contributed by atoms with van der Waals surface area (Å²) >= 11 is 0. The number of nitrogens with one attached hydrogen (secondary N) is 1. The van der Waals surface area contributed by atoms with Gasteiger partial charge in [-0.1, -0.05) is 18.2 Å². The molecular weight excluding hydrogens is 281 g/mol. The molecule has 22 heavy (non-hydrogen) atoms. The first-order valence-corrected chi connectivity index (χ1v) is 7.47. The van der Waals surface area contributed by atoms with Crippen LogP contribution in [0, 0.1) is 5.82 Å². The molecule has 0 aliphatic carbocycles. The summed E-state index contributed by atoms with van der Waals surface area (Å²) < 4.78 is 13.6. The van der Waals surface area contributed by atoms with E-state index in [1.807, 2.05) is 0 Å². The van der Waals surface area contributed by atoms with E-state index >= 15 is 0 Å². The lowest BCUT2D eigenvalue weighted by molar-refractivity contribution is 0.0951. The number of hydrogen-bond acceptors (Lipinski definition) is 3. The van der Waals surface area contributed by atoms with Gasteiger partial charge in [-0.15, -0.1) is 0 Å². The monoisotopic (exact) mass is 299 g/mol. The van der Waals surface area contributed by atoms with Gasteiger partial charge in [0.1, 0.15) is 11.6 Å². The summed E-state index contributed by atoms with van der Waals surface area (Å²) in [4.78, 5) is 18.9. The van der Waals surface area contributed by atoms with Crippen molar-refractivity contribution in [3.8, 4) is 0 Å². The average Bonchev–Trinajstić information content (AvgIpc) is 3.08. The average molecular weight is 299 g/mol. The second-order valence-corrected chi connectivity index (χ2v) is 5.34. The van der Waals surface area contributed by atoms with E-state index in [0.29, 0.717) is 16.9 Å². The molecule has 1 aromatic heterocycles. The first-order valence-electron chi connectivity index (χ1n) is 7.47. The Bertz CT molecular complexity index is 668. The van der Waals surface area contributed by atoms with Crippen molar-refractivity contribution in [1.82, 2.24) is 10.3 Å². The van der Waals surface area contributed by atoms with Crippen LogP contribution >= 0.6 is 0 Å². The minimum atomic E-state index is -0.311. The van der Waals surface area contributed by atoms with Gasteiger partial charge in [0.15, 0.2) is 0 Å². The van der Waals surface area contributed by atoms with E-state index < -0.39 is 0 Å². The molecule has 114 valence electrons. The molecule has 0 unspecified atom stereocenters. The fourth-order valence-corrected chi connectivity index (χ4v) is 2.67. The fourth-order valence-electron chi connectivity index (χ4n) is 2.67. The van der Waals surface area contributed by atoms with Crippen LogP contribution in [0.4, 0.5) is 10.2 Å². The molecule has 1 fully saturated rings. The molecule has 2 heterocycles. The van der Waals surface area contributed by atoms with E-state index in [1.54, 1.807) is 36.5 Å². The van der Waals surface area contributed by atoms with Crippen LogP contribution in [-0.4, -0.2) is 24.0 Å². The molecule has 0 radical (unpaired) electrons. The predicted molar refractivity (Wildman–Crippen MR) is 83.3 cm³/mol. The van der Waals surface area contributed by atoms with Gasteiger partial charge in [-0.2, -0.15) is 0 Å². The Balaban J connectivity index is 1.74. The highest BCUT2D eigenvalue weighted by Gasteiger charge is 2.20. The number of amides is 1. The number of anilines is 1. The van der Waals surface area contributed by atoms with Crippen LogP contribution in [0.1, 0.15) is 28.8 Å². The first-order chi connectivity index (χ1) is 10.8. The number of aromatic nitrogens is 1. The van der Waals surface area contributed by atoms with E-state index in [1.165, 1.54) is 6.07 Å². The Kier molecular flexibility index (Phi) is 4.32. The van der Waals surface area contributed by atoms with Gasteiger partial charge in [-0.25, -0.2) is 9.37 Å². The molecule has 1 aliphatic rings. The number of nitrogens with zero attached hydrogens (tertiary/aromatic N) is 2. The molecular formula is C17H18FN3O. The Hall–Kier alpha value is -2.43. The van der Waals surface area contributed by atoms with Crippen LogP contribution in [0.5, 0.6) is 0 Å². The summed E-state index contributed by atoms with van der Waals surface area (Å²) in [5.74, 6) is 0.179. The molecule has 3 rings (SSSR count). The van der Waals surface area contributed by atoms with E-state index in [-0.39, 0.29) is 18.3 Å². The van der Waals surface area contributed by atoms with Gasteiger partial charge in [0.05, 0.1) is 5.56 Å². The van der Waals surface area contributed by atoms with E-state index in [4.69, 9.17) is 0 Å². The van der Waals surface area contributed by atoms with Gasteiger partial charge in [0.25, 0.3) is 5.91 Å². The van der Waals surface area contributed by atoms with Gasteiger partial charge < -0.3 is 10.2 Å². The van der Waals surface area contributed by atoms with Crippen molar-refractivity contribution in [2.45, 2.75) is 19.4 Å². The Morgan fingerprint density at radius 3 is 2.73 bits per heavy atom. The van der Waals surface area contributed by atoms with Crippen LogP contribution in [-0.2, 0) is 6.54 Å². The lowest BCUT2D eigenvalue weighted by Gasteiger charge is -2.19. The van der Waals surface area contributed by atoms with Crippen molar-refractivity contribution >= 4 is 11.7 Å². The maximum absolute atomic E-state index is 13.6. The quantitative estimate of drug-likeness (QED) is 0.944. The van der Waals surface area contributed by atoms with Crippen molar-refractivity contribution in [2.75, 3.05) is 18.0 Å². The zero-order valence-corrected chi connectivity index (χ0v) is 12.3. The Labute approximate surface area is 129 Å². The molecule has 1 N–H and O–H groups in total. The second kappa shape index (κ2) is 6.56. The standard InChI is InChI=1S/C17H18FN3O/c18-15-8-2-1-6-13(15)12-20-17(22)14-7-5-9-19-16(14)21-10-3-4-11-21/h1-2,5-9H,3-4,10-12H2,(H,20,22). The number of hydrogen-bond donors (Lipinski definition) is 1. The van der Waals surface area contributed by atoms with E-state index in [2.05, 4.69) is 15.2 Å². The Morgan fingerprint density at radius 2 is 1.95 bits per heavy atom. The molecule has 4 nitrogen and oxygen atoms in total. The van der Waals surface area contributed by atoms with Gasteiger partial charge in [0.2, 0.25) is 0 Å². The van der Waals surface area contributed by atoms with Crippen molar-refractivity contribution in [3.05, 3.63) is 59.5 Å². The minimum Gasteiger partial charge on any atom is -0.356 e. The molecule has 0 atom stereocenters. The van der Waals surface area contributed by atoms with Crippen LogP contribution in [0.2, 0.25) is 0 Å². The van der Waals surface area contributed by atoms with Gasteiger partial charge >= 0.3 is 0 Å². The first kappa shape index (κ1) is 14.5. The molecule has 5 heteroatoms. The molecule has 1 amide bonds. The minimum absolute atomic E-state index is 0.167. The van der Waals surface area contributed by atoms with Crippen molar-refractivity contribution < 1.29 is 9.18 Å². The van der Waals surface area contributed by atoms with Crippen LogP contribution in [0.25, 0.3) is 0 Å². The lowest BCUT2D eigenvalue weighted by Crippen LogP contribution is -2.28. The van der Waals surface area contributed by atoms with E-state index in [9.17, 15) is 9.18 Å². The van der Waals surface area contributed by atoms with Crippen molar-refractivity contribution in [3.63, 3.8) is 0 Å². The molecule has 1 aromatic carbocycles. The summed E-state index contributed by atoms with van der Waals surface area (Å²) in [7, 11) is 0. The fraction of sp³-hybridized carbons (Fsp3) is 0.294. The zero-order valence-electron chi connectivity index (χ0n) is 12.3. The SMILES string of the molecule is O=C(NCc1ccccc1F)c1cccnc1N1CCCC1. The number of rotatable bonds is 4. The summed E-state index contributed by atoms with van der Waals surface area (Å²) in [5.41, 5.74) is 1.02. The highest BCUT2D eigenvalue weighted by atomic mass is 19.1. The summed E-state index contributed by atoms with van der Waals surface area (Å²) in [6, 6.07) is 9.95. The molecule has 2 aromatic rings. The lowest BCUT2D eigenvalue weighted by atomic mass is 10.2. The van der Waals surface area contributed by atoms with Gasteiger partial charge in [-0.3, -0.25) is 4.79 Å². The van der Waals surface area contributed by atoms with Crippen molar-refractivity contribution in [2.24, 2.45) is 0 Å². The second-order valence-electron chi connectivity index (χ2n) is 5.34. The third-order valence-electron chi connectivity index (χ3n) is 3.83. The predicted octanol–water partition coefficient (Wildman–Crippen LogP) is 2.75. The number of carbonyl (C=O) groups is 1. The maximum Gasteiger partial charge on any atom is 0.255 e. The molecule has 0 spiro atoms. The number of pyridine rings is 1. The molecule has 0 bridgehead atoms. The summed E-state index contributed by atoms with van der Waals surface area (Å²) in [5, 5.41) is 2.77. The van der Waals surface area contributed by atoms with Crippen LogP contribution < -0.4 is 10.2 Å². The van der Waals surface area contributed by atoms with Crippen LogP contribution in [0.15, 0.2) is 42.6 Å². The van der Waals surface area contributed by atoms with Gasteiger partial charge in [-0.05, 0) is 31.0 Å². The zero-order chi connectivity index (χ0) is 15.4. The highest BCUT2D eigenvalue weighted by Crippen LogP contribution is 2.21. The third-order valence-corrected chi connectivity index (χ3v) is 3.83.